The molecule has 0 amide bonds. The van der Waals surface area contributed by atoms with Crippen molar-refractivity contribution in [1.82, 2.24) is 14.5 Å². The van der Waals surface area contributed by atoms with Gasteiger partial charge in [-0.25, -0.2) is 9.78 Å². The second kappa shape index (κ2) is 7.89. The van der Waals surface area contributed by atoms with E-state index in [-0.39, 0.29) is 11.7 Å². The number of esters is 1. The van der Waals surface area contributed by atoms with Crippen molar-refractivity contribution < 1.29 is 9.53 Å². The summed E-state index contributed by atoms with van der Waals surface area (Å²) in [7, 11) is 1.33. The van der Waals surface area contributed by atoms with Crippen LogP contribution in [0, 0.1) is 0 Å². The fourth-order valence-electron chi connectivity index (χ4n) is 2.26. The van der Waals surface area contributed by atoms with E-state index in [1.54, 1.807) is 6.33 Å². The molecule has 6 nitrogen and oxygen atoms in total. The molecule has 1 aromatic heterocycles. The summed E-state index contributed by atoms with van der Waals surface area (Å²) in [5.74, 6) is -0.108. The van der Waals surface area contributed by atoms with Crippen molar-refractivity contribution in [3.05, 3.63) is 12.0 Å². The highest BCUT2D eigenvalue weighted by atomic mass is 16.5. The van der Waals surface area contributed by atoms with Crippen molar-refractivity contribution in [3.8, 4) is 0 Å². The molecule has 20 heavy (non-hydrogen) atoms. The molecule has 0 radical (unpaired) electrons. The quantitative estimate of drug-likeness (QED) is 0.738. The molecular weight excluding hydrogens is 256 g/mol. The fourth-order valence-corrected chi connectivity index (χ4v) is 2.26. The number of hydrogen-bond acceptors (Lipinski definition) is 5. The smallest absolute Gasteiger partial charge is 0.360 e. The maximum Gasteiger partial charge on any atom is 0.360 e. The molecule has 0 spiro atoms. The number of carbonyl (C=O) groups excluding carboxylic acids is 1. The number of rotatable bonds is 8. The summed E-state index contributed by atoms with van der Waals surface area (Å²) in [5.41, 5.74) is 6.15. The van der Waals surface area contributed by atoms with Gasteiger partial charge in [-0.05, 0) is 39.4 Å². The van der Waals surface area contributed by atoms with Gasteiger partial charge in [0.1, 0.15) is 5.82 Å². The Morgan fingerprint density at radius 3 is 2.70 bits per heavy atom. The molecule has 1 aromatic rings. The summed E-state index contributed by atoms with van der Waals surface area (Å²) in [5, 5.41) is 0. The largest absolute Gasteiger partial charge is 0.464 e. The van der Waals surface area contributed by atoms with Crippen LogP contribution in [0.15, 0.2) is 6.33 Å². The number of methoxy groups -OCH3 is 1. The number of hydrogen-bond donors (Lipinski definition) is 1. The van der Waals surface area contributed by atoms with Crippen LogP contribution in [0.4, 0.5) is 5.82 Å². The summed E-state index contributed by atoms with van der Waals surface area (Å²) in [6.07, 6.45) is 3.70. The SMILES string of the molecule is CCN(CC)CCCC(C)n1cnc(C(=O)OC)c1N. The van der Waals surface area contributed by atoms with Gasteiger partial charge in [-0.15, -0.1) is 0 Å². The summed E-state index contributed by atoms with van der Waals surface area (Å²) < 4.78 is 6.49. The zero-order chi connectivity index (χ0) is 15.1. The molecule has 1 rings (SSSR count). The van der Waals surface area contributed by atoms with Crippen molar-refractivity contribution in [2.45, 2.75) is 39.7 Å². The molecule has 1 unspecified atom stereocenters. The van der Waals surface area contributed by atoms with Gasteiger partial charge in [0.25, 0.3) is 0 Å². The lowest BCUT2D eigenvalue weighted by atomic mass is 10.1. The topological polar surface area (TPSA) is 73.4 Å². The minimum absolute atomic E-state index is 0.197. The Labute approximate surface area is 120 Å². The first kappa shape index (κ1) is 16.5. The fraction of sp³-hybridized carbons (Fsp3) is 0.714. The van der Waals surface area contributed by atoms with Crippen LogP contribution in [0.5, 0.6) is 0 Å². The van der Waals surface area contributed by atoms with E-state index in [0.29, 0.717) is 5.82 Å². The second-order valence-corrected chi connectivity index (χ2v) is 4.90. The summed E-state index contributed by atoms with van der Waals surface area (Å²) in [6, 6.07) is 0.219. The summed E-state index contributed by atoms with van der Waals surface area (Å²) in [6.45, 7) is 9.65. The van der Waals surface area contributed by atoms with Crippen LogP contribution in [-0.2, 0) is 4.74 Å². The van der Waals surface area contributed by atoms with Crippen molar-refractivity contribution in [1.29, 1.82) is 0 Å². The number of nitrogen functional groups attached to an aromatic ring is 1. The molecule has 0 aromatic carbocycles. The minimum Gasteiger partial charge on any atom is -0.464 e. The maximum absolute atomic E-state index is 11.5. The third kappa shape index (κ3) is 3.96. The lowest BCUT2D eigenvalue weighted by molar-refractivity contribution is 0.0596. The second-order valence-electron chi connectivity index (χ2n) is 4.90. The van der Waals surface area contributed by atoms with Crippen LogP contribution in [0.2, 0.25) is 0 Å². The van der Waals surface area contributed by atoms with E-state index in [2.05, 4.69) is 35.4 Å². The zero-order valence-electron chi connectivity index (χ0n) is 12.9. The summed E-state index contributed by atoms with van der Waals surface area (Å²) >= 11 is 0. The highest BCUT2D eigenvalue weighted by Crippen LogP contribution is 2.20. The number of ether oxygens (including phenoxy) is 1. The predicted molar refractivity (Wildman–Crippen MR) is 79.7 cm³/mol. The monoisotopic (exact) mass is 282 g/mol. The number of anilines is 1. The van der Waals surface area contributed by atoms with Crippen molar-refractivity contribution in [2.75, 3.05) is 32.5 Å². The van der Waals surface area contributed by atoms with Gasteiger partial charge in [0, 0.05) is 6.04 Å². The molecule has 114 valence electrons. The van der Waals surface area contributed by atoms with Crippen LogP contribution in [0.3, 0.4) is 0 Å². The lowest BCUT2D eigenvalue weighted by Gasteiger charge is -2.20. The highest BCUT2D eigenvalue weighted by Gasteiger charge is 2.18. The first-order valence-electron chi connectivity index (χ1n) is 7.18. The van der Waals surface area contributed by atoms with Gasteiger partial charge in [0.05, 0.1) is 13.4 Å². The Kier molecular flexibility index (Phi) is 6.51. The molecule has 6 heteroatoms. The molecule has 1 heterocycles. The van der Waals surface area contributed by atoms with E-state index in [4.69, 9.17) is 5.73 Å². The normalized spacial score (nSPS) is 12.7. The molecule has 0 saturated carbocycles. The van der Waals surface area contributed by atoms with Crippen LogP contribution >= 0.6 is 0 Å². The van der Waals surface area contributed by atoms with Gasteiger partial charge in [0.2, 0.25) is 0 Å². The molecule has 0 saturated heterocycles. The van der Waals surface area contributed by atoms with E-state index < -0.39 is 5.97 Å². The first-order chi connectivity index (χ1) is 9.54. The molecule has 2 N–H and O–H groups in total. The van der Waals surface area contributed by atoms with Crippen LogP contribution in [0.25, 0.3) is 0 Å². The molecule has 0 aliphatic carbocycles. The predicted octanol–water partition coefficient (Wildman–Crippen LogP) is 1.93. The van der Waals surface area contributed by atoms with Gasteiger partial charge in [-0.1, -0.05) is 13.8 Å². The Balaban J connectivity index is 2.58. The molecule has 0 aliphatic heterocycles. The van der Waals surface area contributed by atoms with Crippen molar-refractivity contribution in [2.24, 2.45) is 0 Å². The van der Waals surface area contributed by atoms with E-state index >= 15 is 0 Å². The van der Waals surface area contributed by atoms with Gasteiger partial charge in [0.15, 0.2) is 5.69 Å². The number of nitrogens with two attached hydrogens (primary N) is 1. The standard InChI is InChI=1S/C14H26N4O2/c1-5-17(6-2)9-7-8-11(3)18-10-16-12(13(18)15)14(19)20-4/h10-11H,5-9,15H2,1-4H3. The first-order valence-corrected chi connectivity index (χ1v) is 7.18. The molecule has 1 atom stereocenters. The summed E-state index contributed by atoms with van der Waals surface area (Å²) in [4.78, 5) is 17.9. The Hall–Kier alpha value is -1.56. The number of carbonyl (C=O) groups is 1. The van der Waals surface area contributed by atoms with Crippen molar-refractivity contribution >= 4 is 11.8 Å². The van der Waals surface area contributed by atoms with E-state index in [1.165, 1.54) is 7.11 Å². The average molecular weight is 282 g/mol. The van der Waals surface area contributed by atoms with Crippen LogP contribution in [-0.4, -0.2) is 47.2 Å². The number of imidazole rings is 1. The van der Waals surface area contributed by atoms with Gasteiger partial charge in [-0.3, -0.25) is 0 Å². The molecule has 0 aliphatic rings. The Bertz CT molecular complexity index is 427. The van der Waals surface area contributed by atoms with Crippen LogP contribution < -0.4 is 5.73 Å². The van der Waals surface area contributed by atoms with E-state index in [1.807, 2.05) is 4.57 Å². The molecule has 0 bridgehead atoms. The lowest BCUT2D eigenvalue weighted by Crippen LogP contribution is -2.24. The number of nitrogens with zero attached hydrogens (tertiary/aromatic N) is 3. The van der Waals surface area contributed by atoms with E-state index in [0.717, 1.165) is 32.5 Å². The third-order valence-corrected chi connectivity index (χ3v) is 3.68. The average Bonchev–Trinajstić information content (AvgIpc) is 2.84. The van der Waals surface area contributed by atoms with Gasteiger partial charge < -0.3 is 19.9 Å². The molecule has 0 fully saturated rings. The number of aromatic nitrogens is 2. The highest BCUT2D eigenvalue weighted by molar-refractivity contribution is 5.92. The molecular formula is C14H26N4O2. The zero-order valence-corrected chi connectivity index (χ0v) is 12.9. The Morgan fingerprint density at radius 1 is 1.50 bits per heavy atom. The van der Waals surface area contributed by atoms with Gasteiger partial charge in [-0.2, -0.15) is 0 Å². The van der Waals surface area contributed by atoms with Crippen LogP contribution in [0.1, 0.15) is 50.1 Å². The van der Waals surface area contributed by atoms with E-state index in [9.17, 15) is 4.79 Å². The third-order valence-electron chi connectivity index (χ3n) is 3.68. The Morgan fingerprint density at radius 2 is 2.15 bits per heavy atom. The minimum atomic E-state index is -0.489. The maximum atomic E-state index is 11.5. The van der Waals surface area contributed by atoms with Crippen molar-refractivity contribution in [3.63, 3.8) is 0 Å². The van der Waals surface area contributed by atoms with Gasteiger partial charge >= 0.3 is 5.97 Å².